The van der Waals surface area contributed by atoms with E-state index in [0.717, 1.165) is 0 Å². The maximum atomic E-state index is 13.1. The van der Waals surface area contributed by atoms with Gasteiger partial charge in [-0.1, -0.05) is 24.3 Å². The minimum absolute atomic E-state index is 0.131. The van der Waals surface area contributed by atoms with Gasteiger partial charge in [-0.05, 0) is 49.4 Å². The highest BCUT2D eigenvalue weighted by Crippen LogP contribution is 2.17. The van der Waals surface area contributed by atoms with E-state index in [1.54, 1.807) is 55.1 Å². The summed E-state index contributed by atoms with van der Waals surface area (Å²) >= 11 is 0. The summed E-state index contributed by atoms with van der Waals surface area (Å²) < 4.78 is 8.21. The lowest BCUT2D eigenvalue weighted by atomic mass is 10.2. The Morgan fingerprint density at radius 2 is 1.72 bits per heavy atom. The fraction of sp³-hybridized carbons (Fsp3) is 0.154. The van der Waals surface area contributed by atoms with Crippen LogP contribution < -0.4 is 16.2 Å². The molecule has 0 radical (unpaired) electrons. The number of para-hydroxylation sites is 1. The Balaban J connectivity index is 1.46. The van der Waals surface area contributed by atoms with Crippen molar-refractivity contribution in [1.82, 2.24) is 14.3 Å². The van der Waals surface area contributed by atoms with Gasteiger partial charge in [0, 0.05) is 25.3 Å². The number of likely N-dealkylation sites (N-methyl/N-ethyl adjacent to an activating group) is 1. The zero-order chi connectivity index (χ0) is 25.8. The van der Waals surface area contributed by atoms with Crippen molar-refractivity contribution in [3.8, 4) is 5.69 Å². The first-order valence-electron chi connectivity index (χ1n) is 11.1. The normalized spacial score (nSPS) is 10.6. The highest BCUT2D eigenvalue weighted by Gasteiger charge is 2.20. The molecular formula is C26H25N5O5. The third kappa shape index (κ3) is 4.97. The van der Waals surface area contributed by atoms with Crippen LogP contribution in [0.4, 0.5) is 11.4 Å². The third-order valence-electron chi connectivity index (χ3n) is 5.66. The molecule has 0 spiro atoms. The number of carbonyl (C=O) groups is 3. The summed E-state index contributed by atoms with van der Waals surface area (Å²) in [5.74, 6) is -1.24. The van der Waals surface area contributed by atoms with Crippen LogP contribution in [0.5, 0.6) is 0 Å². The number of rotatable bonds is 7. The largest absolute Gasteiger partial charge is 0.459 e. The number of hydrogen-bond donors (Lipinski definition) is 2. The number of amides is 3. The molecule has 10 nitrogen and oxygen atoms in total. The van der Waals surface area contributed by atoms with E-state index in [4.69, 9.17) is 4.42 Å². The summed E-state index contributed by atoms with van der Waals surface area (Å²) in [4.78, 5) is 52.0. The fourth-order valence-electron chi connectivity index (χ4n) is 3.71. The molecule has 184 valence electrons. The molecule has 4 aromatic rings. The summed E-state index contributed by atoms with van der Waals surface area (Å²) in [7, 11) is 3.22. The van der Waals surface area contributed by atoms with Crippen LogP contribution in [-0.4, -0.2) is 45.6 Å². The zero-order valence-electron chi connectivity index (χ0n) is 20.0. The lowest BCUT2D eigenvalue weighted by molar-refractivity contribution is -0.116. The van der Waals surface area contributed by atoms with E-state index in [9.17, 15) is 19.2 Å². The number of anilines is 2. The Bertz CT molecular complexity index is 1470. The van der Waals surface area contributed by atoms with Crippen LogP contribution in [0.15, 0.2) is 82.2 Å². The van der Waals surface area contributed by atoms with Gasteiger partial charge >= 0.3 is 0 Å². The van der Waals surface area contributed by atoms with Gasteiger partial charge in [0.15, 0.2) is 5.76 Å². The Hall–Kier alpha value is -4.86. The maximum absolute atomic E-state index is 13.1. The molecule has 0 bridgehead atoms. The van der Waals surface area contributed by atoms with Gasteiger partial charge in [-0.2, -0.15) is 0 Å². The van der Waals surface area contributed by atoms with Gasteiger partial charge in [-0.25, -0.2) is 4.68 Å². The lowest BCUT2D eigenvalue weighted by Crippen LogP contribution is -2.34. The number of benzene rings is 2. The number of hydrogen-bond acceptors (Lipinski definition) is 5. The molecule has 0 aliphatic carbocycles. The summed E-state index contributed by atoms with van der Waals surface area (Å²) in [5.41, 5.74) is 1.70. The average molecular weight is 488 g/mol. The SMILES string of the molecule is Cc1c(NC(=O)c2cccc(NC(=O)CN(C)C(=O)c3ccco3)c2)c(=O)n(-c2ccccc2)n1C. The van der Waals surface area contributed by atoms with Crippen molar-refractivity contribution in [1.29, 1.82) is 0 Å². The van der Waals surface area contributed by atoms with Gasteiger partial charge < -0.3 is 20.0 Å². The molecule has 4 rings (SSSR count). The first-order valence-corrected chi connectivity index (χ1v) is 11.1. The molecular weight excluding hydrogens is 462 g/mol. The van der Waals surface area contributed by atoms with Crippen LogP contribution >= 0.6 is 0 Å². The molecule has 2 aromatic carbocycles. The van der Waals surface area contributed by atoms with Crippen molar-refractivity contribution in [2.75, 3.05) is 24.2 Å². The summed E-state index contributed by atoms with van der Waals surface area (Å²) in [6, 6.07) is 18.5. The van der Waals surface area contributed by atoms with Gasteiger partial charge in [-0.3, -0.25) is 23.9 Å². The molecule has 2 N–H and O–H groups in total. The second-order valence-electron chi connectivity index (χ2n) is 8.16. The lowest BCUT2D eigenvalue weighted by Gasteiger charge is -2.15. The second kappa shape index (κ2) is 10.2. The van der Waals surface area contributed by atoms with E-state index in [1.165, 1.54) is 35.0 Å². The van der Waals surface area contributed by atoms with Crippen LogP contribution in [0.1, 0.15) is 26.6 Å². The quantitative estimate of drug-likeness (QED) is 0.415. The third-order valence-corrected chi connectivity index (χ3v) is 5.66. The predicted molar refractivity (Wildman–Crippen MR) is 134 cm³/mol. The Morgan fingerprint density at radius 1 is 0.972 bits per heavy atom. The molecule has 0 atom stereocenters. The molecule has 0 saturated heterocycles. The van der Waals surface area contributed by atoms with Gasteiger partial charge in [0.2, 0.25) is 5.91 Å². The molecule has 2 heterocycles. The van der Waals surface area contributed by atoms with E-state index in [1.807, 2.05) is 18.2 Å². The number of carbonyl (C=O) groups excluding carboxylic acids is 3. The first kappa shape index (κ1) is 24.3. The number of furan rings is 1. The topological polar surface area (TPSA) is 119 Å². The summed E-state index contributed by atoms with van der Waals surface area (Å²) in [5, 5.41) is 5.38. The van der Waals surface area contributed by atoms with Crippen molar-refractivity contribution in [2.45, 2.75) is 6.92 Å². The Morgan fingerprint density at radius 3 is 2.42 bits per heavy atom. The minimum Gasteiger partial charge on any atom is -0.459 e. The minimum atomic E-state index is -0.498. The molecule has 36 heavy (non-hydrogen) atoms. The van der Waals surface area contributed by atoms with Crippen LogP contribution in [-0.2, 0) is 11.8 Å². The van der Waals surface area contributed by atoms with E-state index >= 15 is 0 Å². The van der Waals surface area contributed by atoms with E-state index in [0.29, 0.717) is 17.1 Å². The van der Waals surface area contributed by atoms with Crippen molar-refractivity contribution in [3.63, 3.8) is 0 Å². The van der Waals surface area contributed by atoms with E-state index in [2.05, 4.69) is 10.6 Å². The number of aromatic nitrogens is 2. The second-order valence-corrected chi connectivity index (χ2v) is 8.16. The first-order chi connectivity index (χ1) is 17.3. The predicted octanol–water partition coefficient (Wildman–Crippen LogP) is 3.04. The molecule has 0 fully saturated rings. The molecule has 0 saturated carbocycles. The van der Waals surface area contributed by atoms with E-state index in [-0.39, 0.29) is 29.1 Å². The van der Waals surface area contributed by atoms with Crippen LogP contribution in [0.25, 0.3) is 5.69 Å². The maximum Gasteiger partial charge on any atom is 0.295 e. The van der Waals surface area contributed by atoms with Gasteiger partial charge in [0.1, 0.15) is 5.69 Å². The highest BCUT2D eigenvalue weighted by molar-refractivity contribution is 6.05. The van der Waals surface area contributed by atoms with Crippen molar-refractivity contribution < 1.29 is 18.8 Å². The van der Waals surface area contributed by atoms with Crippen LogP contribution in [0.3, 0.4) is 0 Å². The smallest absolute Gasteiger partial charge is 0.295 e. The average Bonchev–Trinajstić information content (AvgIpc) is 3.48. The summed E-state index contributed by atoms with van der Waals surface area (Å²) in [6.07, 6.45) is 1.38. The van der Waals surface area contributed by atoms with Crippen LogP contribution in [0.2, 0.25) is 0 Å². The number of nitrogens with one attached hydrogen (secondary N) is 2. The van der Waals surface area contributed by atoms with Gasteiger partial charge in [0.05, 0.1) is 24.2 Å². The molecule has 10 heteroatoms. The number of nitrogens with zero attached hydrogens (tertiary/aromatic N) is 3. The van der Waals surface area contributed by atoms with E-state index < -0.39 is 17.7 Å². The summed E-state index contributed by atoms with van der Waals surface area (Å²) in [6.45, 7) is 1.53. The molecule has 0 aliphatic rings. The van der Waals surface area contributed by atoms with Crippen molar-refractivity contribution in [3.05, 3.63) is 100 Å². The Labute approximate surface area is 206 Å². The molecule has 0 unspecified atom stereocenters. The monoisotopic (exact) mass is 487 g/mol. The van der Waals surface area contributed by atoms with Crippen molar-refractivity contribution >= 4 is 29.1 Å². The molecule has 2 aromatic heterocycles. The van der Waals surface area contributed by atoms with Gasteiger partial charge in [-0.15, -0.1) is 0 Å². The standard InChI is InChI=1S/C26H25N5O5/c1-17-23(26(35)31(30(17)3)20-11-5-4-6-12-20)28-24(33)18-9-7-10-19(15-18)27-22(32)16-29(2)25(34)21-13-8-14-36-21/h4-15H,16H2,1-3H3,(H,27,32)(H,28,33). The van der Waals surface area contributed by atoms with Crippen LogP contribution in [0, 0.1) is 6.92 Å². The Kier molecular flexibility index (Phi) is 6.86. The fourth-order valence-corrected chi connectivity index (χ4v) is 3.71. The molecule has 3 amide bonds. The molecule has 0 aliphatic heterocycles. The van der Waals surface area contributed by atoms with Crippen molar-refractivity contribution in [2.24, 2.45) is 7.05 Å². The zero-order valence-corrected chi connectivity index (χ0v) is 20.0. The highest BCUT2D eigenvalue weighted by atomic mass is 16.3. The van der Waals surface area contributed by atoms with Gasteiger partial charge in [0.25, 0.3) is 17.4 Å².